The molecule has 4 rings (SSSR count). The number of fused-ring (bicyclic) bond motifs is 1. The highest BCUT2D eigenvalue weighted by Crippen LogP contribution is 2.43. The maximum Gasteiger partial charge on any atom is 0.327 e. The monoisotopic (exact) mass is 494 g/mol. The molecule has 8 nitrogen and oxygen atoms in total. The van der Waals surface area contributed by atoms with Gasteiger partial charge >= 0.3 is 10.2 Å². The minimum absolute atomic E-state index is 0.0231. The summed E-state index contributed by atoms with van der Waals surface area (Å²) in [6.07, 6.45) is 0. The summed E-state index contributed by atoms with van der Waals surface area (Å²) in [6.45, 7) is 2.87. The van der Waals surface area contributed by atoms with Gasteiger partial charge in [0.15, 0.2) is 11.6 Å². The summed E-state index contributed by atoms with van der Waals surface area (Å²) in [5.41, 5.74) is 3.07. The Balaban J connectivity index is 1.78. The number of nitrogens with zero attached hydrogens (tertiary/aromatic N) is 2. The van der Waals surface area contributed by atoms with Gasteiger partial charge in [0.1, 0.15) is 11.5 Å². The predicted octanol–water partition coefficient (Wildman–Crippen LogP) is 4.38. The molecule has 0 N–H and O–H groups in total. The fourth-order valence-corrected chi connectivity index (χ4v) is 5.79. The minimum Gasteiger partial charge on any atom is -0.496 e. The third-order valence-corrected chi connectivity index (χ3v) is 7.74. The molecule has 0 aliphatic carbocycles. The quantitative estimate of drug-likeness (QED) is 0.432. The molecule has 35 heavy (non-hydrogen) atoms. The van der Waals surface area contributed by atoms with E-state index in [1.165, 1.54) is 36.7 Å². The van der Waals surface area contributed by atoms with Crippen molar-refractivity contribution < 1.29 is 27.5 Å². The van der Waals surface area contributed by atoms with Crippen LogP contribution in [0.5, 0.6) is 11.5 Å². The minimum atomic E-state index is -4.01. The van der Waals surface area contributed by atoms with Gasteiger partial charge in [0.2, 0.25) is 0 Å². The zero-order valence-electron chi connectivity index (χ0n) is 19.9. The Morgan fingerprint density at radius 2 is 1.11 bits per heavy atom. The van der Waals surface area contributed by atoms with Crippen LogP contribution in [0.4, 0.5) is 11.4 Å². The van der Waals surface area contributed by atoms with Gasteiger partial charge in [-0.1, -0.05) is 12.1 Å². The average molecular weight is 495 g/mol. The van der Waals surface area contributed by atoms with Crippen molar-refractivity contribution in [3.05, 3.63) is 82.9 Å². The van der Waals surface area contributed by atoms with Gasteiger partial charge in [0.05, 0.1) is 38.7 Å². The molecule has 0 atom stereocenters. The Morgan fingerprint density at radius 1 is 0.714 bits per heavy atom. The van der Waals surface area contributed by atoms with Crippen molar-refractivity contribution in [2.45, 2.75) is 26.9 Å². The number of carbonyl (C=O) groups excluding carboxylic acids is 2. The van der Waals surface area contributed by atoms with E-state index >= 15 is 0 Å². The number of hydrogen-bond acceptors (Lipinski definition) is 6. The first-order chi connectivity index (χ1) is 16.7. The zero-order chi connectivity index (χ0) is 25.3. The van der Waals surface area contributed by atoms with Crippen LogP contribution in [0.2, 0.25) is 0 Å². The highest BCUT2D eigenvalue weighted by Gasteiger charge is 2.41. The van der Waals surface area contributed by atoms with Gasteiger partial charge in [-0.25, -0.2) is 8.61 Å². The lowest BCUT2D eigenvalue weighted by Crippen LogP contribution is -2.37. The van der Waals surface area contributed by atoms with Crippen LogP contribution in [0.15, 0.2) is 60.7 Å². The third kappa shape index (κ3) is 4.46. The molecule has 1 aliphatic heterocycles. The van der Waals surface area contributed by atoms with Gasteiger partial charge in [0.25, 0.3) is 0 Å². The zero-order valence-corrected chi connectivity index (χ0v) is 20.8. The summed E-state index contributed by atoms with van der Waals surface area (Å²) in [6, 6.07) is 16.9. The molecular weight excluding hydrogens is 468 g/mol. The molecule has 0 aromatic heterocycles. The highest BCUT2D eigenvalue weighted by molar-refractivity contribution is 7.94. The lowest BCUT2D eigenvalue weighted by atomic mass is 10.1. The van der Waals surface area contributed by atoms with Crippen molar-refractivity contribution >= 4 is 33.2 Å². The van der Waals surface area contributed by atoms with Crippen LogP contribution in [0.25, 0.3) is 0 Å². The number of para-hydroxylation sites is 2. The van der Waals surface area contributed by atoms with E-state index in [1.807, 2.05) is 0 Å². The van der Waals surface area contributed by atoms with Crippen LogP contribution < -0.4 is 18.1 Å². The first-order valence-corrected chi connectivity index (χ1v) is 12.3. The maximum absolute atomic E-state index is 13.8. The second-order valence-electron chi connectivity index (χ2n) is 8.18. The van der Waals surface area contributed by atoms with Gasteiger partial charge in [-0.3, -0.25) is 9.59 Å². The number of methoxy groups -OCH3 is 2. The fourth-order valence-electron chi connectivity index (χ4n) is 4.14. The molecule has 182 valence electrons. The van der Waals surface area contributed by atoms with Crippen molar-refractivity contribution in [1.29, 1.82) is 0 Å². The SMILES string of the molecule is COc1ccc(C(C)=O)cc1CN1c2ccccc2N(Cc2cc(C(C)=O)ccc2OC)S1(=O)=O. The summed E-state index contributed by atoms with van der Waals surface area (Å²) in [5.74, 6) is 0.712. The molecule has 0 saturated carbocycles. The standard InChI is InChI=1S/C26H26N2O6S/c1-17(29)19-9-11-25(33-3)21(13-19)15-27-23-7-5-6-8-24(23)28(35(27,31)32)16-22-14-20(18(2)30)10-12-26(22)34-4/h5-14H,15-16H2,1-4H3. The molecule has 0 fully saturated rings. The highest BCUT2D eigenvalue weighted by atomic mass is 32.2. The first-order valence-electron chi connectivity index (χ1n) is 10.9. The molecule has 1 heterocycles. The molecule has 9 heteroatoms. The van der Waals surface area contributed by atoms with Crippen LogP contribution in [0, 0.1) is 0 Å². The number of ether oxygens (including phenoxy) is 2. The van der Waals surface area contributed by atoms with Crippen molar-refractivity contribution in [2.24, 2.45) is 0 Å². The molecule has 3 aromatic carbocycles. The van der Waals surface area contributed by atoms with Crippen LogP contribution in [-0.2, 0) is 23.3 Å². The maximum atomic E-state index is 13.8. The normalized spacial score (nSPS) is 13.9. The van der Waals surface area contributed by atoms with Crippen LogP contribution in [-0.4, -0.2) is 34.2 Å². The van der Waals surface area contributed by atoms with Crippen molar-refractivity contribution in [2.75, 3.05) is 22.8 Å². The van der Waals surface area contributed by atoms with Gasteiger partial charge < -0.3 is 9.47 Å². The summed E-state index contributed by atoms with van der Waals surface area (Å²) < 4.78 is 41.1. The topological polar surface area (TPSA) is 93.2 Å². The Bertz CT molecular complexity index is 1320. The van der Waals surface area contributed by atoms with Crippen LogP contribution in [0.3, 0.4) is 0 Å². The first kappa shape index (κ1) is 24.3. The number of carbonyl (C=O) groups is 2. The number of hydrogen-bond donors (Lipinski definition) is 0. The largest absolute Gasteiger partial charge is 0.496 e. The smallest absolute Gasteiger partial charge is 0.327 e. The molecule has 0 saturated heterocycles. The predicted molar refractivity (Wildman–Crippen MR) is 134 cm³/mol. The van der Waals surface area contributed by atoms with Gasteiger partial charge in [-0.05, 0) is 62.4 Å². The van der Waals surface area contributed by atoms with Crippen LogP contribution >= 0.6 is 0 Å². The molecule has 0 amide bonds. The number of benzene rings is 3. The molecule has 0 unspecified atom stereocenters. The lowest BCUT2D eigenvalue weighted by Gasteiger charge is -2.23. The van der Waals surface area contributed by atoms with E-state index in [0.717, 1.165) is 0 Å². The number of ketones is 2. The van der Waals surface area contributed by atoms with Gasteiger partial charge in [0, 0.05) is 22.3 Å². The van der Waals surface area contributed by atoms with E-state index in [4.69, 9.17) is 9.47 Å². The molecule has 0 bridgehead atoms. The van der Waals surface area contributed by atoms with Crippen molar-refractivity contribution in [3.8, 4) is 11.5 Å². The number of Topliss-reactive ketones (excluding diaryl/α,β-unsaturated/α-hetero) is 2. The second-order valence-corrected chi connectivity index (χ2v) is 9.95. The summed E-state index contributed by atoms with van der Waals surface area (Å²) in [4.78, 5) is 23.9. The van der Waals surface area contributed by atoms with E-state index in [0.29, 0.717) is 45.1 Å². The fraction of sp³-hybridized carbons (Fsp3) is 0.231. The van der Waals surface area contributed by atoms with Crippen LogP contribution in [0.1, 0.15) is 45.7 Å². The van der Waals surface area contributed by atoms with Crippen molar-refractivity contribution in [3.63, 3.8) is 0 Å². The third-order valence-electron chi connectivity index (χ3n) is 5.98. The summed E-state index contributed by atoms with van der Waals surface area (Å²) in [5, 5.41) is 0. The number of anilines is 2. The molecule has 0 spiro atoms. The van der Waals surface area contributed by atoms with Gasteiger partial charge in [-0.15, -0.1) is 0 Å². The Kier molecular flexibility index (Phi) is 6.53. The van der Waals surface area contributed by atoms with E-state index in [2.05, 4.69) is 0 Å². The summed E-state index contributed by atoms with van der Waals surface area (Å²) in [7, 11) is -1.02. The van der Waals surface area contributed by atoms with E-state index in [-0.39, 0.29) is 24.7 Å². The average Bonchev–Trinajstić information content (AvgIpc) is 3.05. The molecule has 0 radical (unpaired) electrons. The van der Waals surface area contributed by atoms with E-state index < -0.39 is 10.2 Å². The molecule has 3 aromatic rings. The molecule has 1 aliphatic rings. The van der Waals surface area contributed by atoms with Gasteiger partial charge in [-0.2, -0.15) is 8.42 Å². The van der Waals surface area contributed by atoms with E-state index in [9.17, 15) is 18.0 Å². The summed E-state index contributed by atoms with van der Waals surface area (Å²) >= 11 is 0. The number of rotatable bonds is 8. The van der Waals surface area contributed by atoms with E-state index in [1.54, 1.807) is 60.7 Å². The lowest BCUT2D eigenvalue weighted by molar-refractivity contribution is 0.100. The Hall–Kier alpha value is -3.85. The van der Waals surface area contributed by atoms with Crippen molar-refractivity contribution in [1.82, 2.24) is 0 Å². The molecular formula is C26H26N2O6S. The Morgan fingerprint density at radius 3 is 1.46 bits per heavy atom. The Labute approximate surface area is 204 Å². The second kappa shape index (κ2) is 9.42.